The predicted molar refractivity (Wildman–Crippen MR) is 111 cm³/mol. The van der Waals surface area contributed by atoms with Crippen molar-refractivity contribution >= 4 is 38.2 Å². The zero-order valence-corrected chi connectivity index (χ0v) is 15.9. The lowest BCUT2D eigenvalue weighted by atomic mass is 10.1. The van der Waals surface area contributed by atoms with Gasteiger partial charge in [0.25, 0.3) is 11.5 Å². The van der Waals surface area contributed by atoms with Crippen LogP contribution in [0.5, 0.6) is 11.5 Å². The van der Waals surface area contributed by atoms with Crippen LogP contribution in [-0.4, -0.2) is 29.7 Å². The zero-order chi connectivity index (χ0) is 19.7. The van der Waals surface area contributed by atoms with E-state index < -0.39 is 0 Å². The van der Waals surface area contributed by atoms with Crippen molar-refractivity contribution in [3.63, 3.8) is 0 Å². The Bertz CT molecular complexity index is 1240. The number of aromatic nitrogens is 1. The van der Waals surface area contributed by atoms with E-state index in [1.807, 2.05) is 17.5 Å². The van der Waals surface area contributed by atoms with Crippen molar-refractivity contribution in [2.45, 2.75) is 6.42 Å². The molecule has 0 radical (unpaired) electrons. The molecule has 0 unspecified atom stereocenters. The maximum atomic E-state index is 12.5. The molecule has 7 heteroatoms. The minimum atomic E-state index is -0.216. The number of H-pyrrole nitrogens is 1. The fourth-order valence-electron chi connectivity index (χ4n) is 3.19. The first-order chi connectivity index (χ1) is 13.6. The molecule has 2 heterocycles. The molecule has 6 nitrogen and oxygen atoms in total. The average molecular weight is 394 g/mol. The molecule has 2 aromatic carbocycles. The second-order valence-electron chi connectivity index (χ2n) is 6.39. The fraction of sp³-hybridized carbons (Fsp3) is 0.143. The van der Waals surface area contributed by atoms with Crippen molar-refractivity contribution in [3.05, 3.63) is 69.3 Å². The lowest BCUT2D eigenvalue weighted by Gasteiger charge is -2.08. The van der Waals surface area contributed by atoms with Gasteiger partial charge in [-0.1, -0.05) is 12.1 Å². The molecular weight excluding hydrogens is 376 g/mol. The minimum Gasteiger partial charge on any atom is -0.504 e. The number of phenolic OH excluding ortho intramolecular Hbond substituents is 1. The van der Waals surface area contributed by atoms with Crippen molar-refractivity contribution in [3.8, 4) is 11.5 Å². The number of ether oxygens (including phenoxy) is 1. The number of pyridine rings is 1. The summed E-state index contributed by atoms with van der Waals surface area (Å²) in [6.45, 7) is 0.420. The van der Waals surface area contributed by atoms with Crippen LogP contribution in [0.15, 0.2) is 52.6 Å². The number of aromatic amines is 1. The van der Waals surface area contributed by atoms with E-state index in [1.165, 1.54) is 18.4 Å². The van der Waals surface area contributed by atoms with Gasteiger partial charge in [-0.05, 0) is 47.7 Å². The molecule has 0 spiro atoms. The third kappa shape index (κ3) is 3.32. The molecule has 142 valence electrons. The Morgan fingerprint density at radius 2 is 2.04 bits per heavy atom. The van der Waals surface area contributed by atoms with Crippen molar-refractivity contribution in [2.24, 2.45) is 0 Å². The predicted octanol–water partition coefficient (Wildman–Crippen LogP) is 3.43. The molecule has 2 aromatic heterocycles. The lowest BCUT2D eigenvalue weighted by molar-refractivity contribution is 0.0954. The molecule has 0 saturated carbocycles. The zero-order valence-electron chi connectivity index (χ0n) is 15.1. The molecule has 28 heavy (non-hydrogen) atoms. The lowest BCUT2D eigenvalue weighted by Crippen LogP contribution is -2.25. The Hall–Kier alpha value is -3.32. The number of fused-ring (bicyclic) bond motifs is 3. The van der Waals surface area contributed by atoms with Crippen molar-refractivity contribution in [1.82, 2.24) is 10.3 Å². The second kappa shape index (κ2) is 7.36. The Morgan fingerprint density at radius 3 is 2.82 bits per heavy atom. The third-order valence-electron chi connectivity index (χ3n) is 4.63. The SMILES string of the molecule is COc1ccc(CCNC(=O)c2ccc3c(c2)[nH]c(=O)c2ccsc23)cc1O. The van der Waals surface area contributed by atoms with Gasteiger partial charge >= 0.3 is 0 Å². The summed E-state index contributed by atoms with van der Waals surface area (Å²) in [6.07, 6.45) is 0.573. The van der Waals surface area contributed by atoms with Gasteiger partial charge in [-0.2, -0.15) is 0 Å². The average Bonchev–Trinajstić information content (AvgIpc) is 3.18. The van der Waals surface area contributed by atoms with Gasteiger partial charge in [-0.3, -0.25) is 9.59 Å². The van der Waals surface area contributed by atoms with Crippen LogP contribution in [0.1, 0.15) is 15.9 Å². The van der Waals surface area contributed by atoms with Crippen molar-refractivity contribution in [2.75, 3.05) is 13.7 Å². The van der Waals surface area contributed by atoms with E-state index in [9.17, 15) is 14.7 Å². The van der Waals surface area contributed by atoms with Crippen molar-refractivity contribution < 1.29 is 14.6 Å². The van der Waals surface area contributed by atoms with E-state index in [1.54, 1.807) is 30.3 Å². The van der Waals surface area contributed by atoms with E-state index in [0.717, 1.165) is 15.6 Å². The molecule has 4 rings (SSSR count). The number of thiophene rings is 1. The number of rotatable bonds is 5. The summed E-state index contributed by atoms with van der Waals surface area (Å²) in [6, 6.07) is 12.3. The van der Waals surface area contributed by atoms with Gasteiger partial charge in [0.15, 0.2) is 11.5 Å². The Balaban J connectivity index is 1.49. The Morgan fingerprint density at radius 1 is 1.18 bits per heavy atom. The van der Waals surface area contributed by atoms with Gasteiger partial charge in [0.1, 0.15) is 0 Å². The first-order valence-electron chi connectivity index (χ1n) is 8.74. The molecule has 4 aromatic rings. The molecule has 0 fully saturated rings. The van der Waals surface area contributed by atoms with E-state index in [0.29, 0.717) is 35.2 Å². The normalized spacial score (nSPS) is 11.0. The summed E-state index contributed by atoms with van der Waals surface area (Å²) in [7, 11) is 1.50. The highest BCUT2D eigenvalue weighted by Gasteiger charge is 2.11. The fourth-order valence-corrected chi connectivity index (χ4v) is 4.12. The van der Waals surface area contributed by atoms with E-state index >= 15 is 0 Å². The highest BCUT2D eigenvalue weighted by Crippen LogP contribution is 2.27. The van der Waals surface area contributed by atoms with Gasteiger partial charge in [-0.25, -0.2) is 0 Å². The summed E-state index contributed by atoms with van der Waals surface area (Å²) >= 11 is 1.51. The molecule has 0 atom stereocenters. The number of hydrogen-bond donors (Lipinski definition) is 3. The smallest absolute Gasteiger partial charge is 0.257 e. The molecule has 0 aliphatic carbocycles. The molecule has 0 aliphatic rings. The highest BCUT2D eigenvalue weighted by molar-refractivity contribution is 7.18. The quantitative estimate of drug-likeness (QED) is 0.484. The van der Waals surface area contributed by atoms with Crippen molar-refractivity contribution in [1.29, 1.82) is 0 Å². The Kier molecular flexibility index (Phi) is 4.75. The molecule has 3 N–H and O–H groups in total. The van der Waals surface area contributed by atoms with Crippen LogP contribution in [-0.2, 0) is 6.42 Å². The van der Waals surface area contributed by atoms with Crippen LogP contribution in [0.2, 0.25) is 0 Å². The number of carbonyl (C=O) groups is 1. The summed E-state index contributed by atoms with van der Waals surface area (Å²) in [4.78, 5) is 27.5. The highest BCUT2D eigenvalue weighted by atomic mass is 32.1. The maximum Gasteiger partial charge on any atom is 0.257 e. The first-order valence-corrected chi connectivity index (χ1v) is 9.62. The standard InChI is InChI=1S/C21H18N2O4S/c1-27-18-5-2-12(10-17(18)24)6-8-22-20(25)13-3-4-14-16(11-13)23-21(26)15-7-9-28-19(14)15/h2-5,7,9-11,24H,6,8H2,1H3,(H,22,25)(H,23,26). The number of benzene rings is 2. The summed E-state index contributed by atoms with van der Waals surface area (Å²) in [5.74, 6) is 0.272. The number of phenols is 1. The van der Waals surface area contributed by atoms with Gasteiger partial charge in [-0.15, -0.1) is 11.3 Å². The van der Waals surface area contributed by atoms with Crippen LogP contribution < -0.4 is 15.6 Å². The van der Waals surface area contributed by atoms with Crippen LogP contribution in [0, 0.1) is 0 Å². The molecular formula is C21H18N2O4S. The number of methoxy groups -OCH3 is 1. The van der Waals surface area contributed by atoms with E-state index in [-0.39, 0.29) is 17.2 Å². The largest absolute Gasteiger partial charge is 0.504 e. The number of carbonyl (C=O) groups excluding carboxylic acids is 1. The number of aromatic hydroxyl groups is 1. The first kappa shape index (κ1) is 18.1. The van der Waals surface area contributed by atoms with Gasteiger partial charge < -0.3 is 20.1 Å². The number of amides is 1. The number of nitrogens with one attached hydrogen (secondary N) is 2. The van der Waals surface area contributed by atoms with E-state index in [2.05, 4.69) is 10.3 Å². The summed E-state index contributed by atoms with van der Waals surface area (Å²) < 4.78 is 5.94. The Labute approximate surface area is 164 Å². The minimum absolute atomic E-state index is 0.0738. The monoisotopic (exact) mass is 394 g/mol. The van der Waals surface area contributed by atoms with E-state index in [4.69, 9.17) is 4.74 Å². The van der Waals surface area contributed by atoms with Crippen LogP contribution in [0.25, 0.3) is 21.0 Å². The molecule has 0 saturated heterocycles. The topological polar surface area (TPSA) is 91.4 Å². The second-order valence-corrected chi connectivity index (χ2v) is 7.31. The van der Waals surface area contributed by atoms with Crippen LogP contribution in [0.4, 0.5) is 0 Å². The van der Waals surface area contributed by atoms with Crippen LogP contribution in [0.3, 0.4) is 0 Å². The van der Waals surface area contributed by atoms with Crippen LogP contribution >= 0.6 is 11.3 Å². The maximum absolute atomic E-state index is 12.5. The van der Waals surface area contributed by atoms with Gasteiger partial charge in [0, 0.05) is 22.2 Å². The number of hydrogen-bond acceptors (Lipinski definition) is 5. The molecule has 0 aliphatic heterocycles. The summed E-state index contributed by atoms with van der Waals surface area (Å²) in [5, 5.41) is 16.2. The molecule has 1 amide bonds. The van der Waals surface area contributed by atoms with Gasteiger partial charge in [0.05, 0.1) is 18.0 Å². The van der Waals surface area contributed by atoms with Gasteiger partial charge in [0.2, 0.25) is 0 Å². The molecule has 0 bridgehead atoms. The summed E-state index contributed by atoms with van der Waals surface area (Å²) in [5.41, 5.74) is 1.87. The third-order valence-corrected chi connectivity index (χ3v) is 5.57.